The molecule has 0 aliphatic carbocycles. The van der Waals surface area contributed by atoms with Crippen molar-refractivity contribution < 1.29 is 4.79 Å². The van der Waals surface area contributed by atoms with Crippen molar-refractivity contribution >= 4 is 16.8 Å². The number of para-hydroxylation sites is 1. The lowest BCUT2D eigenvalue weighted by atomic mass is 10.1. The Morgan fingerprint density at radius 1 is 0.929 bits per heavy atom. The molecule has 0 unspecified atom stereocenters. The van der Waals surface area contributed by atoms with Gasteiger partial charge in [0.05, 0.1) is 6.54 Å². The molecule has 0 saturated carbocycles. The SMILES string of the molecule is O=C(c1ccccc1)N(Cc1cccnc1)Cc1cc2ccccc2[nH]c1=O. The quantitative estimate of drug-likeness (QED) is 0.582. The van der Waals surface area contributed by atoms with Crippen LogP contribution in [0.3, 0.4) is 0 Å². The smallest absolute Gasteiger partial charge is 0.254 e. The van der Waals surface area contributed by atoms with Gasteiger partial charge in [-0.25, -0.2) is 0 Å². The lowest BCUT2D eigenvalue weighted by Gasteiger charge is -2.23. The van der Waals surface area contributed by atoms with E-state index in [1.54, 1.807) is 29.4 Å². The van der Waals surface area contributed by atoms with Gasteiger partial charge in [0.2, 0.25) is 0 Å². The number of hydrogen-bond donors (Lipinski definition) is 1. The topological polar surface area (TPSA) is 66.1 Å². The minimum absolute atomic E-state index is 0.128. The molecule has 2 aromatic heterocycles. The Bertz CT molecular complexity index is 1150. The molecule has 0 radical (unpaired) electrons. The van der Waals surface area contributed by atoms with Crippen molar-refractivity contribution in [3.8, 4) is 0 Å². The molecule has 1 N–H and O–H groups in total. The maximum absolute atomic E-state index is 13.1. The second kappa shape index (κ2) is 7.88. The second-order valence-corrected chi connectivity index (χ2v) is 6.60. The molecule has 0 aliphatic heterocycles. The number of carbonyl (C=O) groups excluding carboxylic acids is 1. The lowest BCUT2D eigenvalue weighted by Crippen LogP contribution is -2.32. The molecule has 0 atom stereocenters. The van der Waals surface area contributed by atoms with Crippen LogP contribution in [0.1, 0.15) is 21.5 Å². The van der Waals surface area contributed by atoms with Crippen molar-refractivity contribution in [1.82, 2.24) is 14.9 Å². The van der Waals surface area contributed by atoms with Crippen molar-refractivity contribution in [3.63, 3.8) is 0 Å². The van der Waals surface area contributed by atoms with E-state index in [9.17, 15) is 9.59 Å². The molecule has 2 aromatic carbocycles. The summed E-state index contributed by atoms with van der Waals surface area (Å²) in [6.07, 6.45) is 3.43. The molecular formula is C23H19N3O2. The first-order valence-electron chi connectivity index (χ1n) is 9.05. The van der Waals surface area contributed by atoms with Gasteiger partial charge in [0.15, 0.2) is 0 Å². The minimum Gasteiger partial charge on any atom is -0.330 e. The fourth-order valence-corrected chi connectivity index (χ4v) is 3.19. The number of carbonyl (C=O) groups is 1. The van der Waals surface area contributed by atoms with E-state index >= 15 is 0 Å². The number of hydrogen-bond acceptors (Lipinski definition) is 3. The van der Waals surface area contributed by atoms with Gasteiger partial charge in [0.1, 0.15) is 0 Å². The number of rotatable bonds is 5. The summed E-state index contributed by atoms with van der Waals surface area (Å²) in [6.45, 7) is 0.580. The third-order valence-electron chi connectivity index (χ3n) is 4.60. The molecule has 4 aromatic rings. The molecule has 2 heterocycles. The number of aromatic nitrogens is 2. The molecule has 0 aliphatic rings. The van der Waals surface area contributed by atoms with Crippen molar-refractivity contribution in [1.29, 1.82) is 0 Å². The van der Waals surface area contributed by atoms with E-state index in [0.29, 0.717) is 17.7 Å². The largest absolute Gasteiger partial charge is 0.330 e. The fourth-order valence-electron chi connectivity index (χ4n) is 3.19. The minimum atomic E-state index is -0.184. The van der Waals surface area contributed by atoms with Gasteiger partial charge >= 0.3 is 0 Å². The van der Waals surface area contributed by atoms with Gasteiger partial charge in [0, 0.05) is 35.6 Å². The van der Waals surface area contributed by atoms with Gasteiger partial charge in [-0.2, -0.15) is 0 Å². The molecular weight excluding hydrogens is 350 g/mol. The normalized spacial score (nSPS) is 10.7. The number of amides is 1. The highest BCUT2D eigenvalue weighted by Gasteiger charge is 2.18. The highest BCUT2D eigenvalue weighted by atomic mass is 16.2. The predicted molar refractivity (Wildman–Crippen MR) is 109 cm³/mol. The van der Waals surface area contributed by atoms with Crippen LogP contribution in [-0.2, 0) is 13.1 Å². The van der Waals surface area contributed by atoms with E-state index in [1.165, 1.54) is 0 Å². The summed E-state index contributed by atoms with van der Waals surface area (Å²) in [5.74, 6) is -0.128. The summed E-state index contributed by atoms with van der Waals surface area (Å²) >= 11 is 0. The van der Waals surface area contributed by atoms with Crippen molar-refractivity contribution in [2.75, 3.05) is 0 Å². The van der Waals surface area contributed by atoms with Gasteiger partial charge in [0.25, 0.3) is 11.5 Å². The third-order valence-corrected chi connectivity index (χ3v) is 4.60. The monoisotopic (exact) mass is 369 g/mol. The number of fused-ring (bicyclic) bond motifs is 1. The number of pyridine rings is 2. The lowest BCUT2D eigenvalue weighted by molar-refractivity contribution is 0.0729. The zero-order valence-electron chi connectivity index (χ0n) is 15.2. The Morgan fingerprint density at radius 2 is 1.71 bits per heavy atom. The first-order valence-corrected chi connectivity index (χ1v) is 9.05. The molecule has 0 bridgehead atoms. The van der Waals surface area contributed by atoms with E-state index in [-0.39, 0.29) is 18.0 Å². The van der Waals surface area contributed by atoms with Crippen LogP contribution in [-0.4, -0.2) is 20.8 Å². The van der Waals surface area contributed by atoms with Gasteiger partial charge < -0.3 is 9.88 Å². The Hall–Kier alpha value is -3.73. The number of aromatic amines is 1. The van der Waals surface area contributed by atoms with E-state index in [2.05, 4.69) is 9.97 Å². The van der Waals surface area contributed by atoms with E-state index < -0.39 is 0 Å². The van der Waals surface area contributed by atoms with Crippen LogP contribution in [0.5, 0.6) is 0 Å². The Balaban J connectivity index is 1.70. The standard InChI is InChI=1S/C23H19N3O2/c27-22-20(13-19-10-4-5-11-21(19)25-22)16-26(15-17-7-6-12-24-14-17)23(28)18-8-2-1-3-9-18/h1-14H,15-16H2,(H,25,27). The third kappa shape index (κ3) is 3.83. The number of H-pyrrole nitrogens is 1. The molecule has 1 amide bonds. The van der Waals surface area contributed by atoms with Gasteiger partial charge in [-0.1, -0.05) is 42.5 Å². The van der Waals surface area contributed by atoms with Crippen LogP contribution in [0.4, 0.5) is 0 Å². The molecule has 28 heavy (non-hydrogen) atoms. The van der Waals surface area contributed by atoms with Crippen LogP contribution >= 0.6 is 0 Å². The molecule has 138 valence electrons. The van der Waals surface area contributed by atoms with Crippen LogP contribution in [0.2, 0.25) is 0 Å². The zero-order valence-corrected chi connectivity index (χ0v) is 15.2. The number of nitrogens with one attached hydrogen (secondary N) is 1. The van der Waals surface area contributed by atoms with Crippen LogP contribution in [0.15, 0.2) is 90.0 Å². The van der Waals surface area contributed by atoms with Crippen molar-refractivity contribution in [3.05, 3.63) is 112 Å². The average Bonchev–Trinajstić information content (AvgIpc) is 2.74. The first kappa shape index (κ1) is 17.7. The summed E-state index contributed by atoms with van der Waals surface area (Å²) in [5.41, 5.74) is 2.64. The summed E-state index contributed by atoms with van der Waals surface area (Å²) in [6, 6.07) is 22.3. The second-order valence-electron chi connectivity index (χ2n) is 6.60. The highest BCUT2D eigenvalue weighted by Crippen LogP contribution is 2.15. The summed E-state index contributed by atoms with van der Waals surface area (Å²) in [5, 5.41) is 0.936. The van der Waals surface area contributed by atoms with E-state index in [0.717, 1.165) is 16.5 Å². The van der Waals surface area contributed by atoms with Gasteiger partial charge in [-0.05, 0) is 41.3 Å². The summed E-state index contributed by atoms with van der Waals surface area (Å²) in [7, 11) is 0. The molecule has 0 saturated heterocycles. The predicted octanol–water partition coefficient (Wildman–Crippen LogP) is 3.77. The van der Waals surface area contributed by atoms with Crippen LogP contribution < -0.4 is 5.56 Å². The maximum Gasteiger partial charge on any atom is 0.254 e. The van der Waals surface area contributed by atoms with Gasteiger partial charge in [-0.15, -0.1) is 0 Å². The van der Waals surface area contributed by atoms with E-state index in [1.807, 2.05) is 60.7 Å². The molecule has 5 nitrogen and oxygen atoms in total. The Labute approximate surface area is 162 Å². The fraction of sp³-hybridized carbons (Fsp3) is 0.0870. The Morgan fingerprint density at radius 3 is 2.50 bits per heavy atom. The summed E-state index contributed by atoms with van der Waals surface area (Å²) < 4.78 is 0. The van der Waals surface area contributed by atoms with Crippen LogP contribution in [0.25, 0.3) is 10.9 Å². The highest BCUT2D eigenvalue weighted by molar-refractivity contribution is 5.94. The average molecular weight is 369 g/mol. The maximum atomic E-state index is 13.1. The zero-order chi connectivity index (χ0) is 19.3. The Kier molecular flexibility index (Phi) is 4.97. The number of nitrogens with zero attached hydrogens (tertiary/aromatic N) is 2. The molecule has 0 spiro atoms. The van der Waals surface area contributed by atoms with Crippen LogP contribution in [0, 0.1) is 0 Å². The first-order chi connectivity index (χ1) is 13.7. The molecule has 5 heteroatoms. The van der Waals surface area contributed by atoms with Crippen molar-refractivity contribution in [2.45, 2.75) is 13.1 Å². The van der Waals surface area contributed by atoms with Crippen molar-refractivity contribution in [2.24, 2.45) is 0 Å². The molecule has 0 fully saturated rings. The number of benzene rings is 2. The van der Waals surface area contributed by atoms with Gasteiger partial charge in [-0.3, -0.25) is 14.6 Å². The van der Waals surface area contributed by atoms with E-state index in [4.69, 9.17) is 0 Å². The molecule has 4 rings (SSSR count). The summed E-state index contributed by atoms with van der Waals surface area (Å²) in [4.78, 5) is 34.4.